The van der Waals surface area contributed by atoms with E-state index in [9.17, 15) is 9.59 Å². The van der Waals surface area contributed by atoms with E-state index in [0.717, 1.165) is 24.9 Å². The Kier molecular flexibility index (Phi) is 13.8. The van der Waals surface area contributed by atoms with Crippen LogP contribution in [0.15, 0.2) is 36.5 Å². The number of esters is 1. The first-order valence-electron chi connectivity index (χ1n) is 10.1. The third-order valence-electron chi connectivity index (χ3n) is 3.66. The van der Waals surface area contributed by atoms with Crippen molar-refractivity contribution in [3.8, 4) is 17.6 Å². The van der Waals surface area contributed by atoms with Crippen LogP contribution in [0, 0.1) is 11.3 Å². The Morgan fingerprint density at radius 2 is 1.83 bits per heavy atom. The molecule has 162 valence electrons. The van der Waals surface area contributed by atoms with E-state index in [1.54, 1.807) is 29.2 Å². The van der Waals surface area contributed by atoms with E-state index in [1.165, 1.54) is 19.4 Å². The number of carbonyl (C=O) groups is 2. The molecule has 1 heterocycles. The summed E-state index contributed by atoms with van der Waals surface area (Å²) in [6, 6.07) is 10.2. The molecule has 0 saturated carbocycles. The first kappa shape index (κ1) is 26.6. The average Bonchev–Trinajstić information content (AvgIpc) is 2.82. The summed E-state index contributed by atoms with van der Waals surface area (Å²) in [5.74, 6) is 0.0384. The van der Waals surface area contributed by atoms with Crippen LogP contribution in [0.5, 0.6) is 11.5 Å². The first-order valence-corrected chi connectivity index (χ1v) is 10.1. The zero-order chi connectivity index (χ0) is 22.9. The molecule has 7 nitrogen and oxygen atoms in total. The van der Waals surface area contributed by atoms with Crippen LogP contribution in [0.1, 0.15) is 63.5 Å². The molecule has 30 heavy (non-hydrogen) atoms. The van der Waals surface area contributed by atoms with E-state index >= 15 is 0 Å². The van der Waals surface area contributed by atoms with E-state index in [4.69, 9.17) is 10.00 Å². The Bertz CT molecular complexity index is 814. The molecule has 0 aliphatic rings. The maximum Gasteiger partial charge on any atom is 0.339 e. The highest BCUT2D eigenvalue weighted by Crippen LogP contribution is 2.27. The average molecular weight is 414 g/mol. The minimum absolute atomic E-state index is 0.0548. The van der Waals surface area contributed by atoms with Crippen molar-refractivity contribution in [2.75, 3.05) is 18.6 Å². The number of benzene rings is 1. The van der Waals surface area contributed by atoms with Crippen molar-refractivity contribution in [2.24, 2.45) is 0 Å². The van der Waals surface area contributed by atoms with Crippen LogP contribution in [0.25, 0.3) is 0 Å². The molecule has 2 aromatic rings. The molecular formula is C23H31N3O4. The minimum Gasteiger partial charge on any atom is -0.465 e. The number of methoxy groups -OCH3 is 1. The normalized spacial score (nSPS) is 8.97. The molecule has 0 spiro atoms. The second-order valence-electron chi connectivity index (χ2n) is 5.42. The van der Waals surface area contributed by atoms with Crippen molar-refractivity contribution in [3.63, 3.8) is 0 Å². The summed E-state index contributed by atoms with van der Waals surface area (Å²) in [4.78, 5) is 28.4. The lowest BCUT2D eigenvalue weighted by Gasteiger charge is -2.17. The zero-order valence-electron chi connectivity index (χ0n) is 18.6. The fourth-order valence-electron chi connectivity index (χ4n) is 2.24. The quantitative estimate of drug-likeness (QED) is 0.428. The number of hydrogen-bond donors (Lipinski definition) is 0. The maximum absolute atomic E-state index is 11.6. The summed E-state index contributed by atoms with van der Waals surface area (Å²) in [6.07, 6.45) is 3.96. The standard InChI is InChI=1S/C19H19N3O4.2C2H6/c1-3-4-9-22(13-23)15-5-7-16(8-6-15)26-18-10-14(19(24)25-2)12-21-17(18)11-20;2*1-2/h5-8,10,12-13H,3-4,9H2,1-2H3;2*1-2H3. The lowest BCUT2D eigenvalue weighted by Crippen LogP contribution is -2.21. The fourth-order valence-corrected chi connectivity index (χ4v) is 2.24. The maximum atomic E-state index is 11.6. The van der Waals surface area contributed by atoms with Crippen LogP contribution in [0.4, 0.5) is 5.69 Å². The number of unbranched alkanes of at least 4 members (excludes halogenated alkanes) is 1. The number of anilines is 1. The van der Waals surface area contributed by atoms with Crippen LogP contribution in [0.3, 0.4) is 0 Å². The van der Waals surface area contributed by atoms with Gasteiger partial charge in [-0.25, -0.2) is 9.78 Å². The van der Waals surface area contributed by atoms with Crippen LogP contribution in [0.2, 0.25) is 0 Å². The molecule has 2 rings (SSSR count). The number of rotatable bonds is 8. The van der Waals surface area contributed by atoms with E-state index in [2.05, 4.69) is 16.6 Å². The molecule has 0 atom stereocenters. The third kappa shape index (κ3) is 7.92. The van der Waals surface area contributed by atoms with Gasteiger partial charge in [0.15, 0.2) is 11.4 Å². The van der Waals surface area contributed by atoms with Gasteiger partial charge < -0.3 is 14.4 Å². The number of carbonyl (C=O) groups excluding carboxylic acids is 2. The van der Waals surface area contributed by atoms with E-state index < -0.39 is 5.97 Å². The molecule has 0 aliphatic heterocycles. The Morgan fingerprint density at radius 3 is 2.33 bits per heavy atom. The van der Waals surface area contributed by atoms with Crippen molar-refractivity contribution >= 4 is 18.1 Å². The summed E-state index contributed by atoms with van der Waals surface area (Å²) in [5, 5.41) is 9.16. The first-order chi connectivity index (χ1) is 14.6. The van der Waals surface area contributed by atoms with Crippen LogP contribution in [-0.2, 0) is 9.53 Å². The zero-order valence-corrected chi connectivity index (χ0v) is 18.6. The fraction of sp³-hybridized carbons (Fsp3) is 0.391. The van der Waals surface area contributed by atoms with Gasteiger partial charge in [-0.2, -0.15) is 5.26 Å². The van der Waals surface area contributed by atoms with Gasteiger partial charge in [0.05, 0.1) is 12.7 Å². The van der Waals surface area contributed by atoms with Crippen molar-refractivity contribution < 1.29 is 19.1 Å². The second kappa shape index (κ2) is 15.5. The predicted molar refractivity (Wildman–Crippen MR) is 118 cm³/mol. The molecular weight excluding hydrogens is 382 g/mol. The summed E-state index contributed by atoms with van der Waals surface area (Å²) >= 11 is 0. The Balaban J connectivity index is 0.00000198. The number of aromatic nitrogens is 1. The monoisotopic (exact) mass is 413 g/mol. The number of amides is 1. The van der Waals surface area contributed by atoms with Crippen molar-refractivity contribution in [3.05, 3.63) is 47.8 Å². The molecule has 0 aliphatic carbocycles. The molecule has 7 heteroatoms. The SMILES string of the molecule is CC.CC.CCCCN(C=O)c1ccc(Oc2cc(C(=O)OC)cnc2C#N)cc1. The summed E-state index contributed by atoms with van der Waals surface area (Å²) in [6.45, 7) is 10.7. The highest BCUT2D eigenvalue weighted by atomic mass is 16.5. The highest BCUT2D eigenvalue weighted by Gasteiger charge is 2.13. The van der Waals surface area contributed by atoms with E-state index in [0.29, 0.717) is 12.3 Å². The van der Waals surface area contributed by atoms with Gasteiger partial charge >= 0.3 is 5.97 Å². The summed E-state index contributed by atoms with van der Waals surface area (Å²) < 4.78 is 10.3. The predicted octanol–water partition coefficient (Wildman–Crippen LogP) is 5.35. The van der Waals surface area contributed by atoms with Gasteiger partial charge in [0.2, 0.25) is 6.41 Å². The third-order valence-corrected chi connectivity index (χ3v) is 3.66. The van der Waals surface area contributed by atoms with Crippen LogP contribution >= 0.6 is 0 Å². The lowest BCUT2D eigenvalue weighted by molar-refractivity contribution is -0.107. The Labute approximate surface area is 179 Å². The van der Waals surface area contributed by atoms with Gasteiger partial charge in [-0.05, 0) is 36.8 Å². The highest BCUT2D eigenvalue weighted by molar-refractivity contribution is 5.89. The largest absolute Gasteiger partial charge is 0.465 e. The summed E-state index contributed by atoms with van der Waals surface area (Å²) in [5.41, 5.74) is 0.992. The number of nitriles is 1. The molecule has 0 radical (unpaired) electrons. The molecule has 0 unspecified atom stereocenters. The van der Waals surface area contributed by atoms with Crippen molar-refractivity contribution in [1.82, 2.24) is 4.98 Å². The van der Waals surface area contributed by atoms with Gasteiger partial charge in [-0.3, -0.25) is 4.79 Å². The molecule has 0 saturated heterocycles. The van der Waals surface area contributed by atoms with Gasteiger partial charge in [0, 0.05) is 18.4 Å². The van der Waals surface area contributed by atoms with Crippen LogP contribution < -0.4 is 9.64 Å². The number of nitrogens with zero attached hydrogens (tertiary/aromatic N) is 3. The number of hydrogen-bond acceptors (Lipinski definition) is 6. The number of pyridine rings is 1. The lowest BCUT2D eigenvalue weighted by atomic mass is 10.2. The van der Waals surface area contributed by atoms with E-state index in [1.807, 2.05) is 33.8 Å². The minimum atomic E-state index is -0.570. The molecule has 1 aromatic carbocycles. The molecule has 0 fully saturated rings. The molecule has 1 amide bonds. The van der Waals surface area contributed by atoms with Crippen molar-refractivity contribution in [1.29, 1.82) is 5.26 Å². The van der Waals surface area contributed by atoms with Gasteiger partial charge in [0.25, 0.3) is 0 Å². The molecule has 1 aromatic heterocycles. The van der Waals surface area contributed by atoms with Gasteiger partial charge in [-0.1, -0.05) is 41.0 Å². The molecule has 0 N–H and O–H groups in total. The van der Waals surface area contributed by atoms with Gasteiger partial charge in [0.1, 0.15) is 11.8 Å². The van der Waals surface area contributed by atoms with E-state index in [-0.39, 0.29) is 17.0 Å². The Morgan fingerprint density at radius 1 is 1.20 bits per heavy atom. The van der Waals surface area contributed by atoms with Gasteiger partial charge in [-0.15, -0.1) is 0 Å². The second-order valence-corrected chi connectivity index (χ2v) is 5.42. The number of ether oxygens (including phenoxy) is 2. The summed E-state index contributed by atoms with van der Waals surface area (Å²) in [7, 11) is 1.26. The van der Waals surface area contributed by atoms with Crippen molar-refractivity contribution in [2.45, 2.75) is 47.5 Å². The smallest absolute Gasteiger partial charge is 0.339 e. The molecule has 0 bridgehead atoms. The Hall–Kier alpha value is -3.40. The van der Waals surface area contributed by atoms with Crippen LogP contribution in [-0.4, -0.2) is 31.0 Å². The topological polar surface area (TPSA) is 92.5 Å².